The lowest BCUT2D eigenvalue weighted by molar-refractivity contribution is -0.265. The molecule has 3 fully saturated rings. The summed E-state index contributed by atoms with van der Waals surface area (Å²) in [5, 5.41) is 54.9. The summed E-state index contributed by atoms with van der Waals surface area (Å²) >= 11 is 0. The van der Waals surface area contributed by atoms with Gasteiger partial charge in [0.15, 0.2) is 5.78 Å². The van der Waals surface area contributed by atoms with Crippen LogP contribution in [0.15, 0.2) is 47.6 Å². The smallest absolute Gasteiger partial charge is 0.329 e. The minimum atomic E-state index is -2.48. The molecule has 13 nitrogen and oxygen atoms in total. The third kappa shape index (κ3) is 13.6. The molecule has 0 radical (unpaired) electrons. The molecule has 0 aromatic carbocycles. The molecule has 5 N–H and O–H groups in total. The summed E-state index contributed by atoms with van der Waals surface area (Å²) in [5.74, 6) is -8.51. The summed E-state index contributed by atoms with van der Waals surface area (Å²) in [6, 6.07) is -1.15. The van der Waals surface area contributed by atoms with Gasteiger partial charge in [0.1, 0.15) is 30.1 Å². The Bertz CT molecular complexity index is 1660. The molecule has 4 rings (SSSR count). The number of allylic oxidation sites excluding steroid dienone is 6. The highest BCUT2D eigenvalue weighted by molar-refractivity contribution is 6.39. The van der Waals surface area contributed by atoms with Crippen LogP contribution in [0.1, 0.15) is 132 Å². The standard InChI is InChI=1S/C48H73NO12/c1-28-13-9-8-10-14-29(2)39(51)26-37-21-16-34(7)48(59,61-37)45(56)46(57)49-22-12-11-15-38(49)47(58)60-41(31(4)25-35-17-19-36(50)20-18-35)27-40(52)30(3)24-33(6)43(54)44(55)42(53)32(5)23-28/h8-10,13-14,24,28,30-32,34-39,41,43-44,50-51,54-55,59H,11-12,15-23,25-27H2,1-7H3/b10-8+,13-9+,29-14+,33-24+/t28-,30-,31-,32-,34-,35?,36?,37+,38+,39+,41+,43-,44+,48-/m1/s1. The summed E-state index contributed by atoms with van der Waals surface area (Å²) in [7, 11) is 0. The van der Waals surface area contributed by atoms with Crippen molar-refractivity contribution in [2.75, 3.05) is 6.54 Å². The van der Waals surface area contributed by atoms with E-state index in [9.17, 15) is 49.5 Å². The molecule has 1 aliphatic carbocycles. The zero-order chi connectivity index (χ0) is 45.2. The van der Waals surface area contributed by atoms with Gasteiger partial charge < -0.3 is 39.9 Å². The van der Waals surface area contributed by atoms with Crippen molar-refractivity contribution in [2.45, 2.75) is 180 Å². The summed E-state index contributed by atoms with van der Waals surface area (Å²) in [6.07, 6.45) is 10.2. The first-order valence-electron chi connectivity index (χ1n) is 22.7. The number of cyclic esters (lactones) is 1. The number of rotatable bonds is 3. The molecule has 0 unspecified atom stereocenters. The van der Waals surface area contributed by atoms with Crippen LogP contribution in [-0.4, -0.2) is 115 Å². The van der Waals surface area contributed by atoms with E-state index in [1.54, 1.807) is 52.8 Å². The second kappa shape index (κ2) is 22.9. The van der Waals surface area contributed by atoms with Crippen molar-refractivity contribution >= 4 is 29.2 Å². The van der Waals surface area contributed by atoms with Gasteiger partial charge in [-0.2, -0.15) is 0 Å². The molecule has 0 aromatic rings. The zero-order valence-electron chi connectivity index (χ0n) is 37.4. The van der Waals surface area contributed by atoms with Crippen LogP contribution in [0.3, 0.4) is 0 Å². The first-order chi connectivity index (χ1) is 28.7. The number of nitrogens with zero attached hydrogens (tertiary/aromatic N) is 1. The predicted octanol–water partition coefficient (Wildman–Crippen LogP) is 5.25. The Hall–Kier alpha value is -3.33. The topological polar surface area (TPSA) is 208 Å². The van der Waals surface area contributed by atoms with Crippen LogP contribution in [0.5, 0.6) is 0 Å². The third-order valence-electron chi connectivity index (χ3n) is 13.6. The van der Waals surface area contributed by atoms with Crippen molar-refractivity contribution in [3.63, 3.8) is 0 Å². The molecule has 12 atom stereocenters. The average Bonchev–Trinajstić information content (AvgIpc) is 3.23. The van der Waals surface area contributed by atoms with E-state index in [0.29, 0.717) is 56.9 Å². The van der Waals surface area contributed by atoms with Crippen molar-refractivity contribution in [3.05, 3.63) is 47.6 Å². The van der Waals surface area contributed by atoms with Crippen LogP contribution in [0.2, 0.25) is 0 Å². The number of hydrogen-bond acceptors (Lipinski definition) is 12. The minimum absolute atomic E-state index is 0.0528. The molecule has 13 heteroatoms. The van der Waals surface area contributed by atoms with Crippen LogP contribution < -0.4 is 0 Å². The molecular formula is C48H73NO12. The lowest BCUT2D eigenvalue weighted by Crippen LogP contribution is -2.61. The van der Waals surface area contributed by atoms with E-state index in [1.165, 1.54) is 6.08 Å². The number of carbonyl (C=O) groups excluding carboxylic acids is 5. The Balaban J connectivity index is 1.66. The monoisotopic (exact) mass is 856 g/mol. The highest BCUT2D eigenvalue weighted by atomic mass is 16.6. The Labute approximate surface area is 362 Å². The van der Waals surface area contributed by atoms with E-state index in [2.05, 4.69) is 0 Å². The number of aliphatic hydroxyl groups is 5. The lowest BCUT2D eigenvalue weighted by Gasteiger charge is -2.42. The summed E-state index contributed by atoms with van der Waals surface area (Å²) in [6.45, 7) is 12.2. The van der Waals surface area contributed by atoms with Crippen LogP contribution in [0.4, 0.5) is 0 Å². The van der Waals surface area contributed by atoms with Gasteiger partial charge in [0, 0.05) is 37.1 Å². The Morgan fingerprint density at radius 3 is 2.20 bits per heavy atom. The van der Waals surface area contributed by atoms with Crippen molar-refractivity contribution in [1.29, 1.82) is 0 Å². The van der Waals surface area contributed by atoms with Gasteiger partial charge in [-0.15, -0.1) is 0 Å². The molecule has 0 aromatic heterocycles. The molecule has 2 bridgehead atoms. The van der Waals surface area contributed by atoms with Gasteiger partial charge in [-0.3, -0.25) is 19.2 Å². The fraction of sp³-hybridized carbons (Fsp3) is 0.729. The highest BCUT2D eigenvalue weighted by Crippen LogP contribution is 2.37. The largest absolute Gasteiger partial charge is 0.460 e. The van der Waals surface area contributed by atoms with Crippen LogP contribution in [0, 0.1) is 35.5 Å². The lowest BCUT2D eigenvalue weighted by atomic mass is 9.79. The average molecular weight is 856 g/mol. The molecule has 2 saturated heterocycles. The van der Waals surface area contributed by atoms with E-state index < -0.39 is 83.5 Å². The number of hydrogen-bond donors (Lipinski definition) is 5. The number of aliphatic hydroxyl groups excluding tert-OH is 4. The van der Waals surface area contributed by atoms with Crippen molar-refractivity contribution in [3.8, 4) is 0 Å². The fourth-order valence-electron chi connectivity index (χ4n) is 9.34. The van der Waals surface area contributed by atoms with Gasteiger partial charge in [-0.05, 0) is 113 Å². The number of ketones is 3. The first-order valence-corrected chi connectivity index (χ1v) is 22.7. The number of piperidine rings is 1. The van der Waals surface area contributed by atoms with Crippen LogP contribution >= 0.6 is 0 Å². The predicted molar refractivity (Wildman–Crippen MR) is 229 cm³/mol. The van der Waals surface area contributed by atoms with Crippen LogP contribution in [0.25, 0.3) is 0 Å². The van der Waals surface area contributed by atoms with E-state index in [-0.39, 0.29) is 61.0 Å². The second-order valence-electron chi connectivity index (χ2n) is 18.8. The van der Waals surface area contributed by atoms with E-state index in [1.807, 2.05) is 26.0 Å². The van der Waals surface area contributed by atoms with E-state index in [0.717, 1.165) is 17.7 Å². The number of esters is 1. The Morgan fingerprint density at radius 1 is 0.820 bits per heavy atom. The zero-order valence-corrected chi connectivity index (χ0v) is 37.4. The molecule has 61 heavy (non-hydrogen) atoms. The number of amides is 1. The number of ether oxygens (including phenoxy) is 2. The van der Waals surface area contributed by atoms with E-state index >= 15 is 0 Å². The fourth-order valence-corrected chi connectivity index (χ4v) is 9.34. The van der Waals surface area contributed by atoms with Crippen molar-refractivity contribution in [2.24, 2.45) is 35.5 Å². The SMILES string of the molecule is C/C1=C\[C@@H](C)C(=O)C[C@@H]([C@H](C)CC2CCC(O)CC2)OC(=O)[C@@H]2CCCCN2C(=O)C(=O)[C@]2(O)O[C@@H](CC[C@H]2C)C[C@H](O)/C(C)=C/C=C/C=C/[C@@H](C)C[C@@H](C)C(=O)[C@H](O)[C@@H]1O. The molecule has 3 aliphatic heterocycles. The summed E-state index contributed by atoms with van der Waals surface area (Å²) < 4.78 is 12.2. The number of carbonyl (C=O) groups is 5. The maximum absolute atomic E-state index is 14.2. The third-order valence-corrected chi connectivity index (χ3v) is 13.6. The first kappa shape index (κ1) is 50.3. The molecule has 4 aliphatic rings. The van der Waals surface area contributed by atoms with Gasteiger partial charge in [-0.25, -0.2) is 4.79 Å². The Morgan fingerprint density at radius 2 is 1.51 bits per heavy atom. The highest BCUT2D eigenvalue weighted by Gasteiger charge is 2.53. The van der Waals surface area contributed by atoms with Crippen molar-refractivity contribution in [1.82, 2.24) is 4.90 Å². The normalized spacial score (nSPS) is 41.0. The Kier molecular flexibility index (Phi) is 18.8. The molecule has 1 saturated carbocycles. The van der Waals surface area contributed by atoms with Gasteiger partial charge in [0.25, 0.3) is 11.7 Å². The summed E-state index contributed by atoms with van der Waals surface area (Å²) in [5.41, 5.74) is 0.860. The van der Waals surface area contributed by atoms with Gasteiger partial charge >= 0.3 is 5.97 Å². The molecular weight excluding hydrogens is 783 g/mol. The summed E-state index contributed by atoms with van der Waals surface area (Å²) in [4.78, 5) is 70.6. The number of fused-ring (bicyclic) bond motifs is 3. The minimum Gasteiger partial charge on any atom is -0.460 e. The van der Waals surface area contributed by atoms with Crippen LogP contribution in [-0.2, 0) is 33.4 Å². The number of Topliss-reactive ketones (excluding diaryl/α,β-unsaturated/α-hetero) is 3. The molecule has 1 amide bonds. The maximum Gasteiger partial charge on any atom is 0.329 e. The molecule has 0 spiro atoms. The van der Waals surface area contributed by atoms with Gasteiger partial charge in [-0.1, -0.05) is 71.1 Å². The maximum atomic E-state index is 14.2. The quantitative estimate of drug-likeness (QED) is 0.140. The molecule has 3 heterocycles. The second-order valence-corrected chi connectivity index (χ2v) is 18.8. The van der Waals surface area contributed by atoms with Gasteiger partial charge in [0.05, 0.1) is 18.3 Å². The molecule has 342 valence electrons. The van der Waals surface area contributed by atoms with Crippen molar-refractivity contribution < 1.29 is 59.0 Å². The van der Waals surface area contributed by atoms with Gasteiger partial charge in [0.2, 0.25) is 5.79 Å². The van der Waals surface area contributed by atoms with E-state index in [4.69, 9.17) is 9.47 Å².